The number of aromatic nitrogens is 2. The van der Waals surface area contributed by atoms with Crippen molar-refractivity contribution in [2.75, 3.05) is 39.3 Å². The number of piperazine rings is 1. The molecule has 0 aliphatic carbocycles. The average Bonchev–Trinajstić information content (AvgIpc) is 3.15. The molecule has 1 aromatic heterocycles. The second-order valence-corrected chi connectivity index (χ2v) is 10.5. The minimum atomic E-state index is -3.68. The Kier molecular flexibility index (Phi) is 7.20. The largest absolute Gasteiger partial charge is 0.493 e. The summed E-state index contributed by atoms with van der Waals surface area (Å²) in [4.78, 5) is 20.0. The first-order valence-electron chi connectivity index (χ1n) is 12.0. The highest BCUT2D eigenvalue weighted by atomic mass is 32.2. The van der Waals surface area contributed by atoms with Crippen LogP contribution in [0.25, 0.3) is 0 Å². The number of likely N-dealkylation sites (N-methyl/N-ethyl adjacent to an activating group) is 1. The summed E-state index contributed by atoms with van der Waals surface area (Å²) in [6.45, 7) is 11.5. The van der Waals surface area contributed by atoms with Crippen molar-refractivity contribution in [3.05, 3.63) is 41.0 Å². The molecule has 34 heavy (non-hydrogen) atoms. The average molecular weight is 488 g/mol. The fourth-order valence-electron chi connectivity index (χ4n) is 4.54. The lowest BCUT2D eigenvalue weighted by atomic mass is 10.0. The van der Waals surface area contributed by atoms with Crippen LogP contribution in [0.3, 0.4) is 0 Å². The standard InChI is InChI=1S/C24H33N5O4S/c1-5-8-23-25-17(4)24-21(30)16-20(26-29(23)24)19-15-18(9-10-22(19)33-7-3)34(31,32)28-13-11-27(6-2)12-14-28/h9-10,15H,5-8,11-14,16H2,1-4H3. The van der Waals surface area contributed by atoms with Crippen molar-refractivity contribution >= 4 is 21.5 Å². The van der Waals surface area contributed by atoms with Gasteiger partial charge in [-0.3, -0.25) is 4.79 Å². The van der Waals surface area contributed by atoms with Crippen LogP contribution in [0.5, 0.6) is 5.75 Å². The molecule has 0 spiro atoms. The summed E-state index contributed by atoms with van der Waals surface area (Å²) in [5.41, 5.74) is 2.19. The molecule has 0 N–H and O–H groups in total. The SMILES string of the molecule is CCCc1nc(C)c2n1N=C(c1cc(S(=O)(=O)N3CCN(CC)CC3)ccc1OCC)CC2=O. The van der Waals surface area contributed by atoms with Gasteiger partial charge in [-0.25, -0.2) is 18.1 Å². The number of hydrogen-bond donors (Lipinski definition) is 0. The van der Waals surface area contributed by atoms with Gasteiger partial charge < -0.3 is 9.64 Å². The molecule has 3 heterocycles. The van der Waals surface area contributed by atoms with E-state index < -0.39 is 10.0 Å². The van der Waals surface area contributed by atoms with Gasteiger partial charge in [0, 0.05) is 38.2 Å². The van der Waals surface area contributed by atoms with Crippen LogP contribution in [-0.4, -0.2) is 78.1 Å². The summed E-state index contributed by atoms with van der Waals surface area (Å²) >= 11 is 0. The number of ketones is 1. The van der Waals surface area contributed by atoms with E-state index in [-0.39, 0.29) is 17.1 Å². The molecular weight excluding hydrogens is 454 g/mol. The Morgan fingerprint density at radius 1 is 1.09 bits per heavy atom. The minimum absolute atomic E-state index is 0.0663. The van der Waals surface area contributed by atoms with Crippen LogP contribution in [-0.2, 0) is 16.4 Å². The number of nitrogens with zero attached hydrogens (tertiary/aromatic N) is 5. The van der Waals surface area contributed by atoms with Gasteiger partial charge in [0.15, 0.2) is 5.78 Å². The van der Waals surface area contributed by atoms with Crippen molar-refractivity contribution in [1.82, 2.24) is 18.9 Å². The zero-order chi connectivity index (χ0) is 24.5. The molecule has 10 heteroatoms. The molecule has 0 amide bonds. The third-order valence-electron chi connectivity index (χ3n) is 6.36. The molecule has 4 rings (SSSR count). The normalized spacial score (nSPS) is 17.5. The van der Waals surface area contributed by atoms with Gasteiger partial charge in [0.2, 0.25) is 10.0 Å². The Labute approximate surface area is 201 Å². The maximum Gasteiger partial charge on any atom is 0.243 e. The molecular formula is C24H33N5O4S. The molecule has 2 aliphatic heterocycles. The number of aryl methyl sites for hydroxylation is 2. The van der Waals surface area contributed by atoms with Crippen LogP contribution >= 0.6 is 0 Å². The van der Waals surface area contributed by atoms with Crippen molar-refractivity contribution in [1.29, 1.82) is 0 Å². The highest BCUT2D eigenvalue weighted by Crippen LogP contribution is 2.30. The predicted octanol–water partition coefficient (Wildman–Crippen LogP) is 2.71. The Morgan fingerprint density at radius 2 is 1.82 bits per heavy atom. The van der Waals surface area contributed by atoms with Crippen LogP contribution in [0.2, 0.25) is 0 Å². The molecule has 0 radical (unpaired) electrons. The third kappa shape index (κ3) is 4.54. The van der Waals surface area contributed by atoms with E-state index in [0.29, 0.717) is 67.6 Å². The van der Waals surface area contributed by atoms with Gasteiger partial charge in [-0.15, -0.1) is 0 Å². The lowest BCUT2D eigenvalue weighted by Gasteiger charge is -2.33. The number of carbonyl (C=O) groups is 1. The van der Waals surface area contributed by atoms with Gasteiger partial charge in [0.1, 0.15) is 17.3 Å². The summed E-state index contributed by atoms with van der Waals surface area (Å²) in [5, 5.41) is 4.76. The molecule has 0 saturated carbocycles. The summed E-state index contributed by atoms with van der Waals surface area (Å²) < 4.78 is 35.8. The van der Waals surface area contributed by atoms with Gasteiger partial charge in [-0.1, -0.05) is 13.8 Å². The molecule has 0 unspecified atom stereocenters. The molecule has 0 bridgehead atoms. The van der Waals surface area contributed by atoms with Crippen LogP contribution in [0, 0.1) is 6.92 Å². The number of ether oxygens (including phenoxy) is 1. The Morgan fingerprint density at radius 3 is 2.47 bits per heavy atom. The lowest BCUT2D eigenvalue weighted by molar-refractivity contribution is 0.0988. The van der Waals surface area contributed by atoms with Crippen molar-refractivity contribution in [3.63, 3.8) is 0 Å². The zero-order valence-electron chi connectivity index (χ0n) is 20.4. The number of hydrogen-bond acceptors (Lipinski definition) is 7. The fraction of sp³-hybridized carbons (Fsp3) is 0.542. The van der Waals surface area contributed by atoms with Crippen molar-refractivity contribution < 1.29 is 17.9 Å². The summed E-state index contributed by atoms with van der Waals surface area (Å²) in [6.07, 6.45) is 1.64. The van der Waals surface area contributed by atoms with Crippen LogP contribution in [0.4, 0.5) is 0 Å². The van der Waals surface area contributed by atoms with E-state index in [9.17, 15) is 13.2 Å². The molecule has 9 nitrogen and oxygen atoms in total. The van der Waals surface area contributed by atoms with E-state index in [1.807, 2.05) is 20.8 Å². The van der Waals surface area contributed by atoms with Gasteiger partial charge in [-0.2, -0.15) is 9.41 Å². The quantitative estimate of drug-likeness (QED) is 0.568. The summed E-state index contributed by atoms with van der Waals surface area (Å²) in [5.74, 6) is 1.17. The Bertz CT molecular complexity index is 1210. The zero-order valence-corrected chi connectivity index (χ0v) is 21.2. The van der Waals surface area contributed by atoms with Crippen molar-refractivity contribution in [2.45, 2.75) is 51.9 Å². The molecule has 1 saturated heterocycles. The van der Waals surface area contributed by atoms with E-state index in [4.69, 9.17) is 9.84 Å². The minimum Gasteiger partial charge on any atom is -0.493 e. The van der Waals surface area contributed by atoms with E-state index in [0.717, 1.165) is 18.8 Å². The molecule has 2 aliphatic rings. The summed E-state index contributed by atoms with van der Waals surface area (Å²) in [7, 11) is -3.68. The maximum atomic E-state index is 13.4. The number of benzene rings is 1. The second kappa shape index (κ2) is 9.97. The number of imidazole rings is 1. The van der Waals surface area contributed by atoms with Gasteiger partial charge >= 0.3 is 0 Å². The topological polar surface area (TPSA) is 97.1 Å². The maximum absolute atomic E-state index is 13.4. The molecule has 184 valence electrons. The fourth-order valence-corrected chi connectivity index (χ4v) is 5.99. The summed E-state index contributed by atoms with van der Waals surface area (Å²) in [6, 6.07) is 4.85. The number of rotatable bonds is 8. The van der Waals surface area contributed by atoms with Gasteiger partial charge in [0.25, 0.3) is 0 Å². The van der Waals surface area contributed by atoms with E-state index in [1.165, 1.54) is 4.31 Å². The number of sulfonamides is 1. The van der Waals surface area contributed by atoms with Crippen LogP contribution < -0.4 is 4.74 Å². The first kappa shape index (κ1) is 24.6. The van der Waals surface area contributed by atoms with Gasteiger partial charge in [0.05, 0.1) is 29.3 Å². The number of carbonyl (C=O) groups excluding carboxylic acids is 1. The van der Waals surface area contributed by atoms with E-state index >= 15 is 0 Å². The molecule has 1 fully saturated rings. The highest BCUT2D eigenvalue weighted by Gasteiger charge is 2.31. The second-order valence-electron chi connectivity index (χ2n) is 8.60. The lowest BCUT2D eigenvalue weighted by Crippen LogP contribution is -2.48. The van der Waals surface area contributed by atoms with E-state index in [1.54, 1.807) is 22.9 Å². The smallest absolute Gasteiger partial charge is 0.243 e. The monoisotopic (exact) mass is 487 g/mol. The first-order valence-corrected chi connectivity index (χ1v) is 13.4. The molecule has 2 aromatic rings. The molecule has 1 aromatic carbocycles. The number of fused-ring (bicyclic) bond motifs is 1. The molecule has 0 atom stereocenters. The van der Waals surface area contributed by atoms with Gasteiger partial charge in [-0.05, 0) is 45.0 Å². The first-order chi connectivity index (χ1) is 16.3. The predicted molar refractivity (Wildman–Crippen MR) is 130 cm³/mol. The highest BCUT2D eigenvalue weighted by molar-refractivity contribution is 7.89. The van der Waals surface area contributed by atoms with Crippen molar-refractivity contribution in [2.24, 2.45) is 5.10 Å². The third-order valence-corrected chi connectivity index (χ3v) is 8.25. The van der Waals surface area contributed by atoms with Crippen LogP contribution in [0.1, 0.15) is 61.2 Å². The van der Waals surface area contributed by atoms with Crippen LogP contribution in [0.15, 0.2) is 28.2 Å². The van der Waals surface area contributed by atoms with Crippen molar-refractivity contribution in [3.8, 4) is 5.75 Å². The Hall–Kier alpha value is -2.56. The van der Waals surface area contributed by atoms with E-state index in [2.05, 4.69) is 16.8 Å². The number of Topliss-reactive ketones (excluding diaryl/α,β-unsaturated/α-hetero) is 1. The Balaban J connectivity index is 1.76.